The van der Waals surface area contributed by atoms with Gasteiger partial charge in [-0.2, -0.15) is 4.99 Å². The second kappa shape index (κ2) is 5.79. The molecule has 2 heterocycles. The fourth-order valence-electron chi connectivity index (χ4n) is 3.27. The molecule has 0 bridgehead atoms. The predicted molar refractivity (Wildman–Crippen MR) is 87.6 cm³/mol. The lowest BCUT2D eigenvalue weighted by Crippen LogP contribution is -2.71. The van der Waals surface area contributed by atoms with Gasteiger partial charge >= 0.3 is 0 Å². The number of fused-ring (bicyclic) bond motifs is 1. The summed E-state index contributed by atoms with van der Waals surface area (Å²) >= 11 is 0. The van der Waals surface area contributed by atoms with Gasteiger partial charge in [0, 0.05) is 0 Å². The van der Waals surface area contributed by atoms with Crippen molar-refractivity contribution in [1.82, 2.24) is 10.2 Å². The lowest BCUT2D eigenvalue weighted by atomic mass is 10.0. The maximum atomic E-state index is 12.7. The standard InChI is InChI=1S/C16H17N3O5S/c1-16(2)15(17-9-20)19-13(22)12(14(19)25(16,23)24)18-11(21)8-10-6-4-3-5-7-10/h3-7,12,14-15H,8H2,1-2H3,(H,18,21)/t12?,14-,15?/m0/s1. The van der Waals surface area contributed by atoms with E-state index in [-0.39, 0.29) is 6.42 Å². The topological polar surface area (TPSA) is 113 Å². The lowest BCUT2D eigenvalue weighted by Gasteiger charge is -2.42. The molecule has 0 aliphatic carbocycles. The van der Waals surface area contributed by atoms with Gasteiger partial charge in [-0.1, -0.05) is 30.3 Å². The number of rotatable bonds is 4. The number of β-lactam (4-membered cyclic amide) rings is 1. The van der Waals surface area contributed by atoms with Gasteiger partial charge in [0.05, 0.1) is 6.42 Å². The van der Waals surface area contributed by atoms with Gasteiger partial charge in [0.25, 0.3) is 5.91 Å². The van der Waals surface area contributed by atoms with Gasteiger partial charge in [-0.15, -0.1) is 0 Å². The van der Waals surface area contributed by atoms with Crippen molar-refractivity contribution < 1.29 is 22.8 Å². The van der Waals surface area contributed by atoms with Gasteiger partial charge in [0.2, 0.25) is 12.0 Å². The van der Waals surface area contributed by atoms with E-state index in [0.717, 1.165) is 10.5 Å². The van der Waals surface area contributed by atoms with E-state index < -0.39 is 44.0 Å². The van der Waals surface area contributed by atoms with E-state index in [1.165, 1.54) is 19.9 Å². The van der Waals surface area contributed by atoms with Crippen molar-refractivity contribution in [2.45, 2.75) is 42.6 Å². The minimum absolute atomic E-state index is 0.0384. The zero-order valence-electron chi connectivity index (χ0n) is 13.7. The highest BCUT2D eigenvalue weighted by molar-refractivity contribution is 7.93. The minimum atomic E-state index is -3.82. The SMILES string of the molecule is CC1(C)C(N=C=O)N2C(=O)C(NC(=O)Cc3ccccc3)[C@@H]2S1(=O)=O. The second-order valence-corrected chi connectivity index (χ2v) is 9.21. The normalized spacial score (nSPS) is 28.5. The number of isocyanates is 1. The lowest BCUT2D eigenvalue weighted by molar-refractivity contribution is -0.151. The Morgan fingerprint density at radius 3 is 2.56 bits per heavy atom. The maximum Gasteiger partial charge on any atom is 0.251 e. The fourth-order valence-corrected chi connectivity index (χ4v) is 5.42. The molecule has 3 rings (SSSR count). The van der Waals surface area contributed by atoms with Crippen LogP contribution in [0.15, 0.2) is 35.3 Å². The molecule has 132 valence electrons. The predicted octanol–water partition coefficient (Wildman–Crippen LogP) is -0.249. The van der Waals surface area contributed by atoms with E-state index in [1.54, 1.807) is 24.3 Å². The summed E-state index contributed by atoms with van der Waals surface area (Å²) < 4.78 is 24.0. The number of hydrogen-bond acceptors (Lipinski definition) is 6. The molecule has 0 spiro atoms. The third-order valence-electron chi connectivity index (χ3n) is 4.72. The Labute approximate surface area is 144 Å². The second-order valence-electron chi connectivity index (χ2n) is 6.59. The van der Waals surface area contributed by atoms with E-state index in [0.29, 0.717) is 0 Å². The fraction of sp³-hybridized carbons (Fsp3) is 0.438. The Morgan fingerprint density at radius 1 is 1.32 bits per heavy atom. The summed E-state index contributed by atoms with van der Waals surface area (Å²) in [6.07, 6.45) is 0.235. The summed E-state index contributed by atoms with van der Waals surface area (Å²) in [5, 5.41) is 1.28. The zero-order valence-corrected chi connectivity index (χ0v) is 14.5. The van der Waals surface area contributed by atoms with E-state index in [4.69, 9.17) is 0 Å². The largest absolute Gasteiger partial charge is 0.341 e. The van der Waals surface area contributed by atoms with E-state index in [2.05, 4.69) is 10.3 Å². The van der Waals surface area contributed by atoms with E-state index >= 15 is 0 Å². The molecule has 25 heavy (non-hydrogen) atoms. The number of carbonyl (C=O) groups excluding carboxylic acids is 3. The van der Waals surface area contributed by atoms with Crippen LogP contribution in [0.4, 0.5) is 0 Å². The maximum absolute atomic E-state index is 12.7. The number of aliphatic imine (C=N–C) groups is 1. The van der Waals surface area contributed by atoms with Gasteiger partial charge in [-0.25, -0.2) is 13.2 Å². The molecular formula is C16H17N3O5S. The molecule has 0 saturated carbocycles. The van der Waals surface area contributed by atoms with Crippen molar-refractivity contribution in [2.24, 2.45) is 4.99 Å². The van der Waals surface area contributed by atoms with Crippen LogP contribution >= 0.6 is 0 Å². The average molecular weight is 363 g/mol. The molecule has 3 atom stereocenters. The summed E-state index contributed by atoms with van der Waals surface area (Å²) in [4.78, 5) is 39.7. The van der Waals surface area contributed by atoms with E-state index in [1.807, 2.05) is 6.07 Å². The number of amides is 2. The van der Waals surface area contributed by atoms with Gasteiger partial charge in [0.1, 0.15) is 10.8 Å². The summed E-state index contributed by atoms with van der Waals surface area (Å²) in [6.45, 7) is 2.81. The Hall–Kier alpha value is -2.51. The van der Waals surface area contributed by atoms with Gasteiger partial charge < -0.3 is 5.32 Å². The number of carbonyl (C=O) groups is 2. The number of benzene rings is 1. The number of hydrogen-bond donors (Lipinski definition) is 1. The molecule has 2 amide bonds. The van der Waals surface area contributed by atoms with Crippen molar-refractivity contribution in [2.75, 3.05) is 0 Å². The summed E-state index contributed by atoms with van der Waals surface area (Å²) in [5.41, 5.74) is 0.752. The Kier molecular flexibility index (Phi) is 4.01. The summed E-state index contributed by atoms with van der Waals surface area (Å²) in [7, 11) is -3.82. The van der Waals surface area contributed by atoms with Crippen LogP contribution < -0.4 is 5.32 Å². The Morgan fingerprint density at radius 2 is 1.96 bits per heavy atom. The van der Waals surface area contributed by atoms with Gasteiger partial charge in [-0.05, 0) is 19.4 Å². The molecule has 2 aliphatic rings. The monoisotopic (exact) mass is 363 g/mol. The first-order valence-corrected chi connectivity index (χ1v) is 9.22. The van der Waals surface area contributed by atoms with Crippen molar-refractivity contribution in [3.8, 4) is 0 Å². The van der Waals surface area contributed by atoms with E-state index in [9.17, 15) is 22.8 Å². The molecule has 1 aromatic carbocycles. The van der Waals surface area contributed by atoms with Crippen LogP contribution in [0.25, 0.3) is 0 Å². The molecule has 0 aromatic heterocycles. The summed E-state index contributed by atoms with van der Waals surface area (Å²) in [6, 6.07) is 7.75. The van der Waals surface area contributed by atoms with Crippen molar-refractivity contribution in [1.29, 1.82) is 0 Å². The highest BCUT2D eigenvalue weighted by atomic mass is 32.2. The molecule has 0 radical (unpaired) electrons. The van der Waals surface area contributed by atoms with Crippen LogP contribution in [0.1, 0.15) is 19.4 Å². The average Bonchev–Trinajstić information content (AvgIpc) is 2.69. The Bertz CT molecular complexity index is 874. The minimum Gasteiger partial charge on any atom is -0.341 e. The van der Waals surface area contributed by atoms with Crippen LogP contribution in [0.5, 0.6) is 0 Å². The van der Waals surface area contributed by atoms with Crippen LogP contribution in [-0.2, 0) is 30.6 Å². The molecule has 1 N–H and O–H groups in total. The molecule has 2 fully saturated rings. The molecule has 2 aliphatic heterocycles. The van der Waals surface area contributed by atoms with Crippen molar-refractivity contribution in [3.05, 3.63) is 35.9 Å². The quantitative estimate of drug-likeness (QED) is 0.450. The van der Waals surface area contributed by atoms with Crippen LogP contribution in [0.3, 0.4) is 0 Å². The van der Waals surface area contributed by atoms with Gasteiger partial charge in [0.15, 0.2) is 21.4 Å². The van der Waals surface area contributed by atoms with Gasteiger partial charge in [-0.3, -0.25) is 14.5 Å². The molecule has 2 saturated heterocycles. The molecular weight excluding hydrogens is 346 g/mol. The molecule has 8 nitrogen and oxygen atoms in total. The van der Waals surface area contributed by atoms with Crippen LogP contribution in [0.2, 0.25) is 0 Å². The highest BCUT2D eigenvalue weighted by Crippen LogP contribution is 2.46. The third-order valence-corrected chi connectivity index (χ3v) is 7.53. The van der Waals surface area contributed by atoms with Crippen molar-refractivity contribution >= 4 is 27.7 Å². The molecule has 2 unspecified atom stereocenters. The zero-order chi connectivity index (χ0) is 18.4. The molecule has 1 aromatic rings. The first kappa shape index (κ1) is 17.3. The highest BCUT2D eigenvalue weighted by Gasteiger charge is 2.71. The number of sulfone groups is 1. The van der Waals surface area contributed by atoms with Crippen LogP contribution in [-0.4, -0.2) is 53.5 Å². The van der Waals surface area contributed by atoms with Crippen molar-refractivity contribution in [3.63, 3.8) is 0 Å². The Balaban J connectivity index is 1.81. The smallest absolute Gasteiger partial charge is 0.251 e. The first-order valence-electron chi connectivity index (χ1n) is 7.67. The third kappa shape index (κ3) is 2.47. The van der Waals surface area contributed by atoms with Crippen LogP contribution in [0, 0.1) is 0 Å². The first-order chi connectivity index (χ1) is 11.7. The number of nitrogens with one attached hydrogen (secondary N) is 1. The molecule has 9 heteroatoms. The summed E-state index contributed by atoms with van der Waals surface area (Å²) in [5.74, 6) is -1.01. The number of nitrogens with zero attached hydrogens (tertiary/aromatic N) is 2.